The zero-order valence-corrected chi connectivity index (χ0v) is 16.3. The van der Waals surface area contributed by atoms with Crippen LogP contribution in [0, 0.1) is 0 Å². The van der Waals surface area contributed by atoms with Gasteiger partial charge in [-0.15, -0.1) is 0 Å². The highest BCUT2D eigenvalue weighted by Gasteiger charge is 2.30. The number of hydrogen-bond donors (Lipinski definition) is 1. The van der Waals surface area contributed by atoms with Crippen LogP contribution in [0.4, 0.5) is 0 Å². The van der Waals surface area contributed by atoms with E-state index in [0.29, 0.717) is 17.0 Å². The van der Waals surface area contributed by atoms with E-state index in [1.165, 1.54) is 0 Å². The Morgan fingerprint density at radius 1 is 1.07 bits per heavy atom. The first-order chi connectivity index (χ1) is 13.0. The number of nitrogens with one attached hydrogen (secondary N) is 1. The lowest BCUT2D eigenvalue weighted by Crippen LogP contribution is -2.50. The molecule has 1 N–H and O–H groups in total. The van der Waals surface area contributed by atoms with Crippen molar-refractivity contribution in [3.8, 4) is 0 Å². The van der Waals surface area contributed by atoms with Gasteiger partial charge < -0.3 is 10.2 Å². The summed E-state index contributed by atoms with van der Waals surface area (Å²) in [6.07, 6.45) is 4.85. The minimum atomic E-state index is -0.596. The summed E-state index contributed by atoms with van der Waals surface area (Å²) in [5.41, 5.74) is 1.51. The molecule has 1 fully saturated rings. The van der Waals surface area contributed by atoms with Crippen LogP contribution in [0.2, 0.25) is 5.02 Å². The summed E-state index contributed by atoms with van der Waals surface area (Å²) >= 11 is 5.90. The average Bonchev–Trinajstić information content (AvgIpc) is 3.22. The van der Waals surface area contributed by atoms with Crippen LogP contribution in [0.1, 0.15) is 41.6 Å². The van der Waals surface area contributed by atoms with Gasteiger partial charge in [0, 0.05) is 30.1 Å². The molecule has 0 spiro atoms. The molecule has 2 amide bonds. The molecule has 0 aromatic heterocycles. The Morgan fingerprint density at radius 3 is 2.33 bits per heavy atom. The second kappa shape index (κ2) is 9.05. The van der Waals surface area contributed by atoms with Crippen LogP contribution in [0.5, 0.6) is 0 Å². The Labute approximate surface area is 165 Å². The summed E-state index contributed by atoms with van der Waals surface area (Å²) in [7, 11) is 1.85. The first-order valence-corrected chi connectivity index (χ1v) is 9.79. The first kappa shape index (κ1) is 19.4. The third kappa shape index (κ3) is 5.10. The van der Waals surface area contributed by atoms with Gasteiger partial charge in [-0.25, -0.2) is 0 Å². The Balaban J connectivity index is 1.77. The van der Waals surface area contributed by atoms with Crippen LogP contribution >= 0.6 is 11.6 Å². The van der Waals surface area contributed by atoms with E-state index in [1.807, 2.05) is 42.3 Å². The van der Waals surface area contributed by atoms with Crippen LogP contribution in [0.15, 0.2) is 54.6 Å². The number of rotatable bonds is 6. The van der Waals surface area contributed by atoms with Crippen LogP contribution in [0.25, 0.3) is 0 Å². The van der Waals surface area contributed by atoms with E-state index in [9.17, 15) is 9.59 Å². The molecule has 0 aliphatic heterocycles. The van der Waals surface area contributed by atoms with E-state index >= 15 is 0 Å². The van der Waals surface area contributed by atoms with E-state index in [-0.39, 0.29) is 17.9 Å². The molecule has 0 heterocycles. The number of hydrogen-bond acceptors (Lipinski definition) is 2. The molecule has 1 aliphatic rings. The summed E-state index contributed by atoms with van der Waals surface area (Å²) in [6.45, 7) is 0. The number of carbonyl (C=O) groups is 2. The molecule has 0 radical (unpaired) electrons. The van der Waals surface area contributed by atoms with Crippen LogP contribution in [-0.2, 0) is 11.2 Å². The Hall–Kier alpha value is -2.33. The van der Waals surface area contributed by atoms with Gasteiger partial charge in [0.05, 0.1) is 0 Å². The van der Waals surface area contributed by atoms with Gasteiger partial charge in [0.2, 0.25) is 5.91 Å². The summed E-state index contributed by atoms with van der Waals surface area (Å²) in [5.74, 6) is -0.297. The van der Waals surface area contributed by atoms with Crippen molar-refractivity contribution in [3.05, 3.63) is 70.7 Å². The largest absolute Gasteiger partial charge is 0.341 e. The van der Waals surface area contributed by atoms with Gasteiger partial charge in [-0.2, -0.15) is 0 Å². The van der Waals surface area contributed by atoms with Crippen molar-refractivity contribution < 1.29 is 9.59 Å². The predicted octanol–water partition coefficient (Wildman–Crippen LogP) is 4.08. The Bertz CT molecular complexity index is 771. The van der Waals surface area contributed by atoms with Crippen molar-refractivity contribution in [1.82, 2.24) is 10.2 Å². The molecule has 1 saturated carbocycles. The standard InChI is InChI=1S/C22H25ClN2O2/c1-25(19-9-5-6-10-19)22(27)20(15-16-7-3-2-4-8-16)24-21(26)17-11-13-18(23)14-12-17/h2-4,7-8,11-14,19-20H,5-6,9-10,15H2,1H3,(H,24,26). The molecule has 27 heavy (non-hydrogen) atoms. The van der Waals surface area contributed by atoms with Gasteiger partial charge in [-0.05, 0) is 42.7 Å². The van der Waals surface area contributed by atoms with Gasteiger partial charge in [-0.1, -0.05) is 54.8 Å². The topological polar surface area (TPSA) is 49.4 Å². The molecule has 1 aliphatic carbocycles. The highest BCUT2D eigenvalue weighted by Crippen LogP contribution is 2.23. The molecule has 0 bridgehead atoms. The Kier molecular flexibility index (Phi) is 6.51. The van der Waals surface area contributed by atoms with Gasteiger partial charge >= 0.3 is 0 Å². The highest BCUT2D eigenvalue weighted by atomic mass is 35.5. The molecular formula is C22H25ClN2O2. The third-order valence-electron chi connectivity index (χ3n) is 5.21. The third-order valence-corrected chi connectivity index (χ3v) is 5.46. The van der Waals surface area contributed by atoms with E-state index in [1.54, 1.807) is 24.3 Å². The maximum Gasteiger partial charge on any atom is 0.251 e. The molecule has 0 saturated heterocycles. The van der Waals surface area contributed by atoms with Crippen LogP contribution in [0.3, 0.4) is 0 Å². The summed E-state index contributed by atoms with van der Waals surface area (Å²) < 4.78 is 0. The summed E-state index contributed by atoms with van der Waals surface area (Å²) in [4.78, 5) is 27.6. The number of nitrogens with zero attached hydrogens (tertiary/aromatic N) is 1. The van der Waals surface area contributed by atoms with Gasteiger partial charge in [0.15, 0.2) is 0 Å². The molecule has 1 unspecified atom stereocenters. The molecule has 2 aromatic carbocycles. The number of halogens is 1. The minimum absolute atomic E-state index is 0.0342. The van der Waals surface area contributed by atoms with Crippen molar-refractivity contribution in [3.63, 3.8) is 0 Å². The molecule has 5 heteroatoms. The minimum Gasteiger partial charge on any atom is -0.341 e. The zero-order chi connectivity index (χ0) is 19.2. The Morgan fingerprint density at radius 2 is 1.70 bits per heavy atom. The average molecular weight is 385 g/mol. The summed E-state index contributed by atoms with van der Waals surface area (Å²) in [6, 6.07) is 16.1. The fourth-order valence-electron chi connectivity index (χ4n) is 3.61. The fraction of sp³-hybridized carbons (Fsp3) is 0.364. The van der Waals surface area contributed by atoms with Crippen molar-refractivity contribution >= 4 is 23.4 Å². The number of benzene rings is 2. The number of carbonyl (C=O) groups excluding carboxylic acids is 2. The molecule has 142 valence electrons. The van der Waals surface area contributed by atoms with Crippen LogP contribution in [-0.4, -0.2) is 35.8 Å². The highest BCUT2D eigenvalue weighted by molar-refractivity contribution is 6.30. The van der Waals surface area contributed by atoms with Crippen LogP contribution < -0.4 is 5.32 Å². The lowest BCUT2D eigenvalue weighted by Gasteiger charge is -2.29. The number of likely N-dealkylation sites (N-methyl/N-ethyl adjacent to an activating group) is 1. The fourth-order valence-corrected chi connectivity index (χ4v) is 3.74. The number of amides is 2. The molecule has 3 rings (SSSR count). The van der Waals surface area contributed by atoms with Crippen molar-refractivity contribution in [2.75, 3.05) is 7.05 Å². The van der Waals surface area contributed by atoms with Gasteiger partial charge in [-0.3, -0.25) is 9.59 Å². The summed E-state index contributed by atoms with van der Waals surface area (Å²) in [5, 5.41) is 3.51. The normalized spacial score (nSPS) is 15.3. The van der Waals surface area contributed by atoms with Crippen molar-refractivity contribution in [2.24, 2.45) is 0 Å². The van der Waals surface area contributed by atoms with E-state index in [2.05, 4.69) is 5.32 Å². The smallest absolute Gasteiger partial charge is 0.251 e. The lowest BCUT2D eigenvalue weighted by molar-refractivity contribution is -0.133. The van der Waals surface area contributed by atoms with Crippen molar-refractivity contribution in [2.45, 2.75) is 44.2 Å². The van der Waals surface area contributed by atoms with E-state index < -0.39 is 6.04 Å². The monoisotopic (exact) mass is 384 g/mol. The lowest BCUT2D eigenvalue weighted by atomic mass is 10.0. The van der Waals surface area contributed by atoms with Gasteiger partial charge in [0.25, 0.3) is 5.91 Å². The second-order valence-corrected chi connectivity index (χ2v) is 7.55. The maximum atomic E-state index is 13.1. The van der Waals surface area contributed by atoms with E-state index in [4.69, 9.17) is 11.6 Å². The molecule has 4 nitrogen and oxygen atoms in total. The first-order valence-electron chi connectivity index (χ1n) is 9.41. The van der Waals surface area contributed by atoms with Gasteiger partial charge in [0.1, 0.15) is 6.04 Å². The van der Waals surface area contributed by atoms with E-state index in [0.717, 1.165) is 31.2 Å². The zero-order valence-electron chi connectivity index (χ0n) is 15.5. The SMILES string of the molecule is CN(C(=O)C(Cc1ccccc1)NC(=O)c1ccc(Cl)cc1)C1CCCC1. The second-order valence-electron chi connectivity index (χ2n) is 7.11. The molecular weight excluding hydrogens is 360 g/mol. The molecule has 1 atom stereocenters. The van der Waals surface area contributed by atoms with Crippen molar-refractivity contribution in [1.29, 1.82) is 0 Å². The quantitative estimate of drug-likeness (QED) is 0.815. The predicted molar refractivity (Wildman–Crippen MR) is 108 cm³/mol. The molecule has 2 aromatic rings. The maximum absolute atomic E-state index is 13.1.